The molecular weight excluding hydrogens is 214 g/mol. The molecule has 0 aromatic carbocycles. The highest BCUT2D eigenvalue weighted by Crippen LogP contribution is 2.27. The second kappa shape index (κ2) is 8.41. The average Bonchev–Trinajstić information content (AvgIpc) is 2.30. The van der Waals surface area contributed by atoms with Crippen LogP contribution < -0.4 is 5.32 Å². The minimum Gasteiger partial charge on any atom is -0.311 e. The zero-order chi connectivity index (χ0) is 11.8. The average molecular weight is 243 g/mol. The third-order valence-corrected chi connectivity index (χ3v) is 4.76. The highest BCUT2D eigenvalue weighted by atomic mass is 32.2. The van der Waals surface area contributed by atoms with Crippen molar-refractivity contribution < 1.29 is 0 Å². The normalized spacial score (nSPS) is 27.9. The van der Waals surface area contributed by atoms with Crippen molar-refractivity contribution in [3.8, 4) is 0 Å². The van der Waals surface area contributed by atoms with Gasteiger partial charge in [0.1, 0.15) is 0 Å². The molecule has 0 aromatic rings. The topological polar surface area (TPSA) is 12.0 Å². The van der Waals surface area contributed by atoms with Crippen LogP contribution in [0.15, 0.2) is 0 Å². The van der Waals surface area contributed by atoms with Crippen LogP contribution in [0.4, 0.5) is 0 Å². The fraction of sp³-hybridized carbons (Fsp3) is 1.00. The first-order valence-corrected chi connectivity index (χ1v) is 8.27. The Labute approximate surface area is 106 Å². The Kier molecular flexibility index (Phi) is 7.55. The first kappa shape index (κ1) is 14.4. The van der Waals surface area contributed by atoms with Crippen molar-refractivity contribution in [1.29, 1.82) is 0 Å². The van der Waals surface area contributed by atoms with Crippen LogP contribution in [-0.4, -0.2) is 23.6 Å². The van der Waals surface area contributed by atoms with Crippen molar-refractivity contribution in [3.05, 3.63) is 0 Å². The molecule has 0 aromatic heterocycles. The van der Waals surface area contributed by atoms with E-state index in [4.69, 9.17) is 0 Å². The minimum absolute atomic E-state index is 0.705. The summed E-state index contributed by atoms with van der Waals surface area (Å²) in [5.41, 5.74) is 0. The second-order valence-electron chi connectivity index (χ2n) is 5.11. The lowest BCUT2D eigenvalue weighted by atomic mass is 9.82. The van der Waals surface area contributed by atoms with Gasteiger partial charge in [-0.2, -0.15) is 11.8 Å². The van der Waals surface area contributed by atoms with Gasteiger partial charge >= 0.3 is 0 Å². The minimum atomic E-state index is 0.705. The summed E-state index contributed by atoms with van der Waals surface area (Å²) in [4.78, 5) is 0. The van der Waals surface area contributed by atoms with Crippen LogP contribution in [0.2, 0.25) is 0 Å². The van der Waals surface area contributed by atoms with Gasteiger partial charge < -0.3 is 5.32 Å². The van der Waals surface area contributed by atoms with Crippen LogP contribution in [0.5, 0.6) is 0 Å². The Morgan fingerprint density at radius 2 is 2.00 bits per heavy atom. The molecule has 0 spiro atoms. The van der Waals surface area contributed by atoms with E-state index in [2.05, 4.69) is 37.8 Å². The molecule has 1 N–H and O–H groups in total. The van der Waals surface area contributed by atoms with E-state index in [0.29, 0.717) is 6.04 Å². The van der Waals surface area contributed by atoms with Gasteiger partial charge in [-0.15, -0.1) is 0 Å². The molecule has 3 atom stereocenters. The summed E-state index contributed by atoms with van der Waals surface area (Å²) in [6, 6.07) is 1.51. The number of hydrogen-bond donors (Lipinski definition) is 1. The first-order chi connectivity index (χ1) is 7.77. The van der Waals surface area contributed by atoms with E-state index in [9.17, 15) is 0 Å². The van der Waals surface area contributed by atoms with E-state index in [0.717, 1.165) is 12.0 Å². The Balaban J connectivity index is 2.22. The summed E-state index contributed by atoms with van der Waals surface area (Å²) in [7, 11) is 0. The smallest absolute Gasteiger partial charge is 0.00977 e. The summed E-state index contributed by atoms with van der Waals surface area (Å²) in [6.07, 6.45) is 8.43. The van der Waals surface area contributed by atoms with Crippen LogP contribution in [0, 0.1) is 5.92 Å². The van der Waals surface area contributed by atoms with Crippen molar-refractivity contribution in [3.63, 3.8) is 0 Å². The van der Waals surface area contributed by atoms with E-state index < -0.39 is 0 Å². The fourth-order valence-electron chi connectivity index (χ4n) is 2.77. The quantitative estimate of drug-likeness (QED) is 0.676. The lowest BCUT2D eigenvalue weighted by Crippen LogP contribution is -2.43. The van der Waals surface area contributed by atoms with Crippen LogP contribution in [0.3, 0.4) is 0 Å². The maximum absolute atomic E-state index is 3.87. The molecule has 0 saturated heterocycles. The van der Waals surface area contributed by atoms with E-state index in [1.54, 1.807) is 0 Å². The molecule has 1 rings (SSSR count). The largest absolute Gasteiger partial charge is 0.311 e. The summed E-state index contributed by atoms with van der Waals surface area (Å²) in [5.74, 6) is 3.51. The molecule has 0 aliphatic heterocycles. The summed E-state index contributed by atoms with van der Waals surface area (Å²) >= 11 is 2.07. The van der Waals surface area contributed by atoms with E-state index >= 15 is 0 Å². The Hall–Kier alpha value is 0.310. The Morgan fingerprint density at radius 1 is 1.25 bits per heavy atom. The van der Waals surface area contributed by atoms with E-state index in [1.807, 2.05) is 0 Å². The van der Waals surface area contributed by atoms with Crippen LogP contribution in [0.1, 0.15) is 59.3 Å². The SMILES string of the molecule is CCSCCC(C)NC1CCCCC1CC. The highest BCUT2D eigenvalue weighted by molar-refractivity contribution is 7.99. The van der Waals surface area contributed by atoms with Crippen molar-refractivity contribution in [2.75, 3.05) is 11.5 Å². The third kappa shape index (κ3) is 5.09. The van der Waals surface area contributed by atoms with Gasteiger partial charge in [0, 0.05) is 12.1 Å². The van der Waals surface area contributed by atoms with Gasteiger partial charge in [0.25, 0.3) is 0 Å². The second-order valence-corrected chi connectivity index (χ2v) is 6.51. The molecule has 0 amide bonds. The summed E-state index contributed by atoms with van der Waals surface area (Å²) in [6.45, 7) is 6.96. The van der Waals surface area contributed by atoms with Crippen molar-refractivity contribution in [1.82, 2.24) is 5.32 Å². The molecular formula is C14H29NS. The molecule has 1 aliphatic carbocycles. The number of hydrogen-bond acceptors (Lipinski definition) is 2. The van der Waals surface area contributed by atoms with Crippen LogP contribution >= 0.6 is 11.8 Å². The number of nitrogens with one attached hydrogen (secondary N) is 1. The van der Waals surface area contributed by atoms with Gasteiger partial charge in [-0.3, -0.25) is 0 Å². The van der Waals surface area contributed by atoms with Crippen molar-refractivity contribution in [2.45, 2.75) is 71.4 Å². The van der Waals surface area contributed by atoms with Gasteiger partial charge in [-0.05, 0) is 43.6 Å². The van der Waals surface area contributed by atoms with Crippen molar-refractivity contribution >= 4 is 11.8 Å². The molecule has 1 nitrogen and oxygen atoms in total. The van der Waals surface area contributed by atoms with Gasteiger partial charge in [-0.1, -0.05) is 33.1 Å². The first-order valence-electron chi connectivity index (χ1n) is 7.11. The van der Waals surface area contributed by atoms with Gasteiger partial charge in [0.2, 0.25) is 0 Å². The lowest BCUT2D eigenvalue weighted by Gasteiger charge is -2.34. The molecule has 0 heterocycles. The lowest BCUT2D eigenvalue weighted by molar-refractivity contribution is 0.239. The number of rotatable bonds is 7. The van der Waals surface area contributed by atoms with Gasteiger partial charge in [-0.25, -0.2) is 0 Å². The molecule has 2 heteroatoms. The fourth-order valence-corrected chi connectivity index (χ4v) is 3.58. The molecule has 3 unspecified atom stereocenters. The summed E-state index contributed by atoms with van der Waals surface area (Å²) < 4.78 is 0. The predicted molar refractivity (Wildman–Crippen MR) is 76.3 cm³/mol. The van der Waals surface area contributed by atoms with Crippen LogP contribution in [-0.2, 0) is 0 Å². The molecule has 16 heavy (non-hydrogen) atoms. The molecule has 0 bridgehead atoms. The zero-order valence-corrected chi connectivity index (χ0v) is 12.1. The van der Waals surface area contributed by atoms with Crippen molar-refractivity contribution in [2.24, 2.45) is 5.92 Å². The van der Waals surface area contributed by atoms with E-state index in [-0.39, 0.29) is 0 Å². The molecule has 1 saturated carbocycles. The highest BCUT2D eigenvalue weighted by Gasteiger charge is 2.24. The standard InChI is InChI=1S/C14H29NS/c1-4-13-8-6-7-9-14(13)15-12(3)10-11-16-5-2/h12-15H,4-11H2,1-3H3. The number of thioether (sulfide) groups is 1. The van der Waals surface area contributed by atoms with Gasteiger partial charge in [0.05, 0.1) is 0 Å². The predicted octanol–water partition coefficient (Wildman–Crippen LogP) is 4.08. The monoisotopic (exact) mass is 243 g/mol. The molecule has 0 radical (unpaired) electrons. The van der Waals surface area contributed by atoms with E-state index in [1.165, 1.54) is 50.0 Å². The summed E-state index contributed by atoms with van der Waals surface area (Å²) in [5, 5.41) is 3.87. The van der Waals surface area contributed by atoms with Gasteiger partial charge in [0.15, 0.2) is 0 Å². The zero-order valence-electron chi connectivity index (χ0n) is 11.3. The molecule has 1 aliphatic rings. The Bertz CT molecular complexity index is 172. The third-order valence-electron chi connectivity index (χ3n) is 3.83. The Morgan fingerprint density at radius 3 is 2.69 bits per heavy atom. The molecule has 96 valence electrons. The maximum Gasteiger partial charge on any atom is 0.00977 e. The maximum atomic E-state index is 3.87. The molecule has 1 fully saturated rings. The van der Waals surface area contributed by atoms with Crippen LogP contribution in [0.25, 0.3) is 0 Å².